The quantitative estimate of drug-likeness (QED) is 0.558. The first-order chi connectivity index (χ1) is 16.0. The molecule has 3 heterocycles. The predicted octanol–water partition coefficient (Wildman–Crippen LogP) is 4.35. The third-order valence-electron chi connectivity index (χ3n) is 6.93. The highest BCUT2D eigenvalue weighted by molar-refractivity contribution is 7.85. The molecule has 3 aromatic rings. The molecule has 1 spiro atoms. The van der Waals surface area contributed by atoms with E-state index >= 15 is 0 Å². The lowest BCUT2D eigenvalue weighted by molar-refractivity contribution is 0.241. The maximum Gasteiger partial charge on any atom is 0.225 e. The first-order valence-electron chi connectivity index (χ1n) is 11.2. The summed E-state index contributed by atoms with van der Waals surface area (Å²) in [6.45, 7) is 3.81. The molecule has 0 radical (unpaired) electrons. The van der Waals surface area contributed by atoms with Gasteiger partial charge in [-0.15, -0.1) is 0 Å². The van der Waals surface area contributed by atoms with E-state index < -0.39 is 10.8 Å². The van der Waals surface area contributed by atoms with Gasteiger partial charge in [-0.05, 0) is 60.2 Å². The lowest BCUT2D eigenvalue weighted by atomic mass is 10.0. The highest BCUT2D eigenvalue weighted by Gasteiger charge is 2.60. The van der Waals surface area contributed by atoms with E-state index in [1.807, 2.05) is 30.6 Å². The molecule has 6 rings (SSSR count). The minimum absolute atomic E-state index is 0.00105. The Kier molecular flexibility index (Phi) is 4.87. The van der Waals surface area contributed by atoms with Crippen molar-refractivity contribution in [1.29, 1.82) is 0 Å². The number of ether oxygens (including phenoxy) is 2. The first kappa shape index (κ1) is 20.6. The number of benzene rings is 2. The zero-order valence-corrected chi connectivity index (χ0v) is 19.1. The Hall–Kier alpha value is -3.00. The SMILES string of the molecule is CCc1cnc(N2CCC3(CC3Oc3ccc(-c4ccc5c(c4)OC[S@@]5=O)cc3F)C2)nc1. The van der Waals surface area contributed by atoms with Gasteiger partial charge in [-0.25, -0.2) is 14.4 Å². The van der Waals surface area contributed by atoms with E-state index in [0.717, 1.165) is 55.0 Å². The fourth-order valence-electron chi connectivity index (χ4n) is 4.77. The Morgan fingerprint density at radius 1 is 1.21 bits per heavy atom. The zero-order chi connectivity index (χ0) is 22.6. The van der Waals surface area contributed by atoms with E-state index in [9.17, 15) is 8.60 Å². The van der Waals surface area contributed by atoms with Gasteiger partial charge in [0, 0.05) is 30.9 Å². The van der Waals surface area contributed by atoms with Crippen LogP contribution in [0.2, 0.25) is 0 Å². The summed E-state index contributed by atoms with van der Waals surface area (Å²) in [5.41, 5.74) is 2.72. The van der Waals surface area contributed by atoms with Crippen LogP contribution < -0.4 is 14.4 Å². The van der Waals surface area contributed by atoms with Gasteiger partial charge >= 0.3 is 0 Å². The maximum atomic E-state index is 14.9. The summed E-state index contributed by atoms with van der Waals surface area (Å²) < 4.78 is 38.3. The molecular formula is C25H24FN3O3S. The summed E-state index contributed by atoms with van der Waals surface area (Å²) in [6.07, 6.45) is 6.60. The average Bonchev–Trinajstić information content (AvgIpc) is 3.14. The standard InChI is InChI=1S/C25H24FN3O3S/c1-2-16-12-27-24(28-13-16)29-8-7-25(14-29)11-23(25)32-20-5-3-17(9-19(20)26)18-4-6-22-21(10-18)31-15-33(22)30/h3-6,9-10,12-13,23H,2,7-8,11,14-15H2,1H3/t23?,25?,33-/m0/s1. The molecule has 170 valence electrons. The third-order valence-corrected chi connectivity index (χ3v) is 8.09. The van der Waals surface area contributed by atoms with Gasteiger partial charge in [0.1, 0.15) is 11.9 Å². The van der Waals surface area contributed by atoms with E-state index in [1.54, 1.807) is 12.1 Å². The van der Waals surface area contributed by atoms with Crippen molar-refractivity contribution in [2.24, 2.45) is 5.41 Å². The number of aromatic nitrogens is 2. The molecule has 3 aliphatic rings. The van der Waals surface area contributed by atoms with Crippen molar-refractivity contribution in [1.82, 2.24) is 9.97 Å². The fourth-order valence-corrected chi connectivity index (χ4v) is 5.69. The zero-order valence-electron chi connectivity index (χ0n) is 18.3. The maximum absolute atomic E-state index is 14.9. The highest BCUT2D eigenvalue weighted by atomic mass is 32.2. The number of anilines is 1. The van der Waals surface area contributed by atoms with Crippen molar-refractivity contribution in [2.45, 2.75) is 37.2 Å². The van der Waals surface area contributed by atoms with Crippen LogP contribution in [0.1, 0.15) is 25.3 Å². The molecule has 1 saturated carbocycles. The van der Waals surface area contributed by atoms with E-state index in [4.69, 9.17) is 9.47 Å². The van der Waals surface area contributed by atoms with Gasteiger partial charge in [-0.1, -0.05) is 19.1 Å². The second-order valence-electron chi connectivity index (χ2n) is 9.00. The van der Waals surface area contributed by atoms with Crippen LogP contribution in [0.25, 0.3) is 11.1 Å². The lowest BCUT2D eigenvalue weighted by Crippen LogP contribution is -2.24. The van der Waals surface area contributed by atoms with Crippen molar-refractivity contribution < 1.29 is 18.1 Å². The van der Waals surface area contributed by atoms with Gasteiger partial charge in [0.2, 0.25) is 5.95 Å². The number of aryl methyl sites for hydroxylation is 1. The van der Waals surface area contributed by atoms with E-state index in [2.05, 4.69) is 21.8 Å². The molecule has 3 atom stereocenters. The summed E-state index contributed by atoms with van der Waals surface area (Å²) in [5.74, 6) is 1.43. The van der Waals surface area contributed by atoms with Gasteiger partial charge < -0.3 is 14.4 Å². The van der Waals surface area contributed by atoms with Gasteiger partial charge in [-0.3, -0.25) is 4.21 Å². The van der Waals surface area contributed by atoms with Gasteiger partial charge in [0.05, 0.1) is 15.7 Å². The molecule has 1 saturated heterocycles. The van der Waals surface area contributed by atoms with Crippen molar-refractivity contribution in [2.75, 3.05) is 23.9 Å². The predicted molar refractivity (Wildman–Crippen MR) is 123 cm³/mol. The van der Waals surface area contributed by atoms with Gasteiger partial charge in [-0.2, -0.15) is 0 Å². The van der Waals surface area contributed by atoms with Crippen molar-refractivity contribution in [3.8, 4) is 22.6 Å². The van der Waals surface area contributed by atoms with E-state index in [-0.39, 0.29) is 29.0 Å². The first-order valence-corrected chi connectivity index (χ1v) is 12.5. The van der Waals surface area contributed by atoms with Gasteiger partial charge in [0.25, 0.3) is 0 Å². The Bertz CT molecular complexity index is 1250. The van der Waals surface area contributed by atoms with Crippen LogP contribution in [0.3, 0.4) is 0 Å². The largest absolute Gasteiger partial charge is 0.487 e. The number of rotatable bonds is 5. The molecule has 6 nitrogen and oxygen atoms in total. The molecule has 8 heteroatoms. The molecule has 0 N–H and O–H groups in total. The fraction of sp³-hybridized carbons (Fsp3) is 0.360. The smallest absolute Gasteiger partial charge is 0.225 e. The van der Waals surface area contributed by atoms with E-state index in [1.165, 1.54) is 6.07 Å². The molecule has 2 fully saturated rings. The van der Waals surface area contributed by atoms with Crippen LogP contribution in [-0.4, -0.2) is 39.3 Å². The number of fused-ring (bicyclic) bond motifs is 1. The number of hydrogen-bond acceptors (Lipinski definition) is 6. The second-order valence-corrected chi connectivity index (χ2v) is 10.4. The summed E-state index contributed by atoms with van der Waals surface area (Å²) >= 11 is 0. The molecule has 33 heavy (non-hydrogen) atoms. The number of nitrogens with zero attached hydrogens (tertiary/aromatic N) is 3. The Labute approximate surface area is 194 Å². The molecule has 0 amide bonds. The summed E-state index contributed by atoms with van der Waals surface area (Å²) in [7, 11) is -1.12. The molecular weight excluding hydrogens is 441 g/mol. The molecule has 0 bridgehead atoms. The minimum atomic E-state index is -1.12. The number of hydrogen-bond donors (Lipinski definition) is 0. The molecule has 2 aliphatic heterocycles. The van der Waals surface area contributed by atoms with Crippen LogP contribution in [-0.2, 0) is 17.2 Å². The van der Waals surface area contributed by atoms with Crippen LogP contribution in [0, 0.1) is 11.2 Å². The third kappa shape index (κ3) is 3.66. The van der Waals surface area contributed by atoms with Gasteiger partial charge in [0.15, 0.2) is 17.5 Å². The molecule has 1 aliphatic carbocycles. The monoisotopic (exact) mass is 465 g/mol. The molecule has 2 aromatic carbocycles. The molecule has 2 unspecified atom stereocenters. The van der Waals surface area contributed by atoms with Crippen LogP contribution in [0.15, 0.2) is 53.7 Å². The van der Waals surface area contributed by atoms with Crippen LogP contribution in [0.4, 0.5) is 10.3 Å². The topological polar surface area (TPSA) is 64.6 Å². The second kappa shape index (κ2) is 7.80. The van der Waals surface area contributed by atoms with Crippen molar-refractivity contribution >= 4 is 16.7 Å². The minimum Gasteiger partial charge on any atom is -0.487 e. The Morgan fingerprint density at radius 2 is 2.00 bits per heavy atom. The Morgan fingerprint density at radius 3 is 2.79 bits per heavy atom. The molecule has 1 aromatic heterocycles. The van der Waals surface area contributed by atoms with Crippen LogP contribution >= 0.6 is 0 Å². The Balaban J connectivity index is 1.13. The summed E-state index contributed by atoms with van der Waals surface area (Å²) in [5, 5.41) is 0. The lowest BCUT2D eigenvalue weighted by Gasteiger charge is -2.17. The van der Waals surface area contributed by atoms with Crippen molar-refractivity contribution in [3.63, 3.8) is 0 Å². The highest BCUT2D eigenvalue weighted by Crippen LogP contribution is 2.55. The van der Waals surface area contributed by atoms with Crippen LogP contribution in [0.5, 0.6) is 11.5 Å². The summed E-state index contributed by atoms with van der Waals surface area (Å²) in [6, 6.07) is 10.5. The summed E-state index contributed by atoms with van der Waals surface area (Å²) in [4.78, 5) is 11.9. The average molecular weight is 466 g/mol. The normalized spacial score (nSPS) is 25.2. The van der Waals surface area contributed by atoms with E-state index in [0.29, 0.717) is 10.6 Å². The number of halogens is 1. The van der Waals surface area contributed by atoms with Crippen molar-refractivity contribution in [3.05, 3.63) is 60.2 Å².